The van der Waals surface area contributed by atoms with E-state index >= 15 is 0 Å². The van der Waals surface area contributed by atoms with Gasteiger partial charge >= 0.3 is 0 Å². The first-order valence-electron chi connectivity index (χ1n) is 11.2. The number of hydrogen-bond acceptors (Lipinski definition) is 2. The fourth-order valence-corrected chi connectivity index (χ4v) is 5.65. The first-order chi connectivity index (χ1) is 15.2. The van der Waals surface area contributed by atoms with Crippen molar-refractivity contribution in [3.8, 4) is 11.1 Å². The molecule has 1 fully saturated rings. The molecule has 3 atom stereocenters. The van der Waals surface area contributed by atoms with Gasteiger partial charge in [0.25, 0.3) is 5.56 Å². The van der Waals surface area contributed by atoms with Crippen molar-refractivity contribution in [2.75, 3.05) is 13.1 Å². The van der Waals surface area contributed by atoms with Gasteiger partial charge in [-0.3, -0.25) is 9.78 Å². The summed E-state index contributed by atoms with van der Waals surface area (Å²) >= 11 is 0. The van der Waals surface area contributed by atoms with Crippen molar-refractivity contribution < 1.29 is 4.90 Å². The summed E-state index contributed by atoms with van der Waals surface area (Å²) in [4.78, 5) is 19.6. The van der Waals surface area contributed by atoms with Crippen LogP contribution < -0.4 is 10.5 Å². The number of nitrogens with zero attached hydrogens (tertiary/aromatic N) is 2. The highest BCUT2D eigenvalue weighted by Crippen LogP contribution is 2.32. The van der Waals surface area contributed by atoms with Crippen LogP contribution in [0.15, 0.2) is 83.8 Å². The average molecular weight is 409 g/mol. The SMILES string of the molecule is O=c1c(-c2ccc3ccccc3c2)ccc2n1C[C@H]1C[C@@H]2C[NH+](Cc2ccccn2)C1. The fraction of sp³-hybridized carbons (Fsp3) is 0.259. The predicted molar refractivity (Wildman–Crippen MR) is 123 cm³/mol. The van der Waals surface area contributed by atoms with Gasteiger partial charge in [-0.15, -0.1) is 0 Å². The predicted octanol–water partition coefficient (Wildman–Crippen LogP) is 3.27. The number of fused-ring (bicyclic) bond motifs is 5. The summed E-state index contributed by atoms with van der Waals surface area (Å²) < 4.78 is 2.07. The maximum absolute atomic E-state index is 13.5. The van der Waals surface area contributed by atoms with E-state index in [1.54, 1.807) is 4.90 Å². The molecule has 4 heteroatoms. The van der Waals surface area contributed by atoms with Gasteiger partial charge in [-0.2, -0.15) is 0 Å². The molecule has 2 aliphatic heterocycles. The molecule has 0 saturated carbocycles. The summed E-state index contributed by atoms with van der Waals surface area (Å²) in [5.74, 6) is 0.999. The zero-order valence-electron chi connectivity index (χ0n) is 17.5. The number of nitrogens with one attached hydrogen (secondary N) is 1. The zero-order valence-corrected chi connectivity index (χ0v) is 17.5. The molecule has 31 heavy (non-hydrogen) atoms. The molecule has 4 nitrogen and oxygen atoms in total. The van der Waals surface area contributed by atoms with Crippen molar-refractivity contribution in [1.82, 2.24) is 9.55 Å². The number of aromatic nitrogens is 2. The molecule has 0 radical (unpaired) electrons. The Kier molecular flexibility index (Phi) is 4.46. The molecule has 4 heterocycles. The van der Waals surface area contributed by atoms with E-state index in [4.69, 9.17) is 0 Å². The minimum Gasteiger partial charge on any atom is -0.329 e. The van der Waals surface area contributed by atoms with Gasteiger partial charge in [-0.25, -0.2) is 0 Å². The number of pyridine rings is 2. The lowest BCUT2D eigenvalue weighted by atomic mass is 9.82. The monoisotopic (exact) mass is 408 g/mol. The van der Waals surface area contributed by atoms with Crippen LogP contribution in [0.2, 0.25) is 0 Å². The van der Waals surface area contributed by atoms with Gasteiger partial charge in [0.2, 0.25) is 0 Å². The summed E-state index contributed by atoms with van der Waals surface area (Å²) in [6.07, 6.45) is 3.07. The van der Waals surface area contributed by atoms with E-state index < -0.39 is 0 Å². The van der Waals surface area contributed by atoms with E-state index in [2.05, 4.69) is 58.1 Å². The molecule has 2 aromatic heterocycles. The third-order valence-corrected chi connectivity index (χ3v) is 7.02. The summed E-state index contributed by atoms with van der Waals surface area (Å²) in [7, 11) is 0. The van der Waals surface area contributed by atoms with Crippen molar-refractivity contribution in [2.45, 2.75) is 25.4 Å². The second-order valence-electron chi connectivity index (χ2n) is 9.10. The largest absolute Gasteiger partial charge is 0.329 e. The van der Waals surface area contributed by atoms with Gasteiger partial charge in [-0.1, -0.05) is 42.5 Å². The van der Waals surface area contributed by atoms with Gasteiger partial charge in [0.15, 0.2) is 0 Å². The molecule has 1 saturated heterocycles. The summed E-state index contributed by atoms with van der Waals surface area (Å²) in [6, 6.07) is 25.1. The number of rotatable bonds is 3. The maximum Gasteiger partial charge on any atom is 0.258 e. The topological polar surface area (TPSA) is 39.3 Å². The van der Waals surface area contributed by atoms with Crippen LogP contribution in [0.5, 0.6) is 0 Å². The van der Waals surface area contributed by atoms with Gasteiger partial charge < -0.3 is 9.47 Å². The van der Waals surface area contributed by atoms with Crippen molar-refractivity contribution in [3.63, 3.8) is 0 Å². The van der Waals surface area contributed by atoms with Crippen molar-refractivity contribution in [2.24, 2.45) is 5.92 Å². The van der Waals surface area contributed by atoms with Crippen LogP contribution >= 0.6 is 0 Å². The highest BCUT2D eigenvalue weighted by molar-refractivity contribution is 5.87. The van der Waals surface area contributed by atoms with Gasteiger partial charge in [0.1, 0.15) is 6.54 Å². The number of quaternary nitrogens is 1. The molecular formula is C27H26N3O+. The van der Waals surface area contributed by atoms with Gasteiger partial charge in [0.05, 0.1) is 18.8 Å². The van der Waals surface area contributed by atoms with Gasteiger partial charge in [0, 0.05) is 35.8 Å². The van der Waals surface area contributed by atoms with Crippen LogP contribution in [0.3, 0.4) is 0 Å². The Morgan fingerprint density at radius 1 is 0.935 bits per heavy atom. The normalized spacial score (nSPS) is 22.3. The summed E-state index contributed by atoms with van der Waals surface area (Å²) in [6.45, 7) is 3.98. The van der Waals surface area contributed by atoms with E-state index in [1.807, 2.05) is 30.5 Å². The van der Waals surface area contributed by atoms with Crippen molar-refractivity contribution in [1.29, 1.82) is 0 Å². The van der Waals surface area contributed by atoms with Crippen molar-refractivity contribution >= 4 is 10.8 Å². The minimum atomic E-state index is 0.163. The molecule has 154 valence electrons. The highest BCUT2D eigenvalue weighted by atomic mass is 16.1. The molecule has 0 spiro atoms. The zero-order chi connectivity index (χ0) is 20.8. The van der Waals surface area contributed by atoms with E-state index in [0.29, 0.717) is 11.8 Å². The van der Waals surface area contributed by atoms with Crippen LogP contribution in [-0.4, -0.2) is 22.6 Å². The quantitative estimate of drug-likeness (QED) is 0.565. The van der Waals surface area contributed by atoms with Crippen LogP contribution in [0, 0.1) is 5.92 Å². The van der Waals surface area contributed by atoms with E-state index in [1.165, 1.54) is 22.9 Å². The van der Waals surface area contributed by atoms with E-state index in [-0.39, 0.29) is 5.56 Å². The standard InChI is InChI=1S/C27H25N3O/c31-27-25(22-9-8-20-5-1-2-6-21(20)14-22)10-11-26-23-13-19(16-30(26)27)15-29(17-23)18-24-7-3-4-12-28-24/h1-12,14,19,23H,13,15-18H2/p+1/t19-,23+/m0/s1. The van der Waals surface area contributed by atoms with Gasteiger partial charge in [-0.05, 0) is 53.1 Å². The fourth-order valence-electron chi connectivity index (χ4n) is 5.65. The molecule has 0 aliphatic carbocycles. The Morgan fingerprint density at radius 2 is 1.81 bits per heavy atom. The second kappa shape index (κ2) is 7.47. The molecule has 1 N–H and O–H groups in total. The second-order valence-corrected chi connectivity index (χ2v) is 9.10. The Morgan fingerprint density at radius 3 is 2.68 bits per heavy atom. The van der Waals surface area contributed by atoms with Crippen LogP contribution in [-0.2, 0) is 13.1 Å². The Hall–Kier alpha value is -3.24. The first-order valence-corrected chi connectivity index (χ1v) is 11.2. The molecule has 6 rings (SSSR count). The molecule has 0 amide bonds. The van der Waals surface area contributed by atoms with Crippen LogP contribution in [0.25, 0.3) is 21.9 Å². The van der Waals surface area contributed by atoms with Crippen molar-refractivity contribution in [3.05, 3.63) is 101 Å². The van der Waals surface area contributed by atoms with Crippen LogP contribution in [0.1, 0.15) is 23.7 Å². The third kappa shape index (κ3) is 3.37. The van der Waals surface area contributed by atoms with Crippen LogP contribution in [0.4, 0.5) is 0 Å². The smallest absolute Gasteiger partial charge is 0.258 e. The lowest BCUT2D eigenvalue weighted by molar-refractivity contribution is -0.924. The molecule has 1 unspecified atom stereocenters. The molecule has 2 aliphatic rings. The molecule has 2 bridgehead atoms. The third-order valence-electron chi connectivity index (χ3n) is 7.02. The lowest BCUT2D eigenvalue weighted by Gasteiger charge is -2.40. The highest BCUT2D eigenvalue weighted by Gasteiger charge is 2.37. The first kappa shape index (κ1) is 18.5. The minimum absolute atomic E-state index is 0.163. The van der Waals surface area contributed by atoms with E-state index in [0.717, 1.165) is 43.0 Å². The molecule has 4 aromatic rings. The maximum atomic E-state index is 13.5. The summed E-state index contributed by atoms with van der Waals surface area (Å²) in [5.41, 5.74) is 4.35. The number of hydrogen-bond donors (Lipinski definition) is 1. The Bertz CT molecular complexity index is 1310. The average Bonchev–Trinajstić information content (AvgIpc) is 2.80. The lowest BCUT2D eigenvalue weighted by Crippen LogP contribution is -3.13. The molecule has 2 aromatic carbocycles. The number of piperidine rings is 1. The number of benzene rings is 2. The van der Waals surface area contributed by atoms with E-state index in [9.17, 15) is 4.79 Å². The Labute approximate surface area is 181 Å². The molecular weight excluding hydrogens is 382 g/mol. The summed E-state index contributed by atoms with van der Waals surface area (Å²) in [5, 5.41) is 2.38. The number of likely N-dealkylation sites (tertiary alicyclic amines) is 1. The Balaban J connectivity index is 1.32.